The van der Waals surface area contributed by atoms with Gasteiger partial charge in [-0.2, -0.15) is 0 Å². The van der Waals surface area contributed by atoms with Gasteiger partial charge in [0.25, 0.3) is 0 Å². The van der Waals surface area contributed by atoms with E-state index in [9.17, 15) is 4.39 Å². The van der Waals surface area contributed by atoms with Gasteiger partial charge >= 0.3 is 0 Å². The van der Waals surface area contributed by atoms with Gasteiger partial charge < -0.3 is 10.1 Å². The van der Waals surface area contributed by atoms with Gasteiger partial charge in [-0.15, -0.1) is 0 Å². The molecule has 3 nitrogen and oxygen atoms in total. The fraction of sp³-hybridized carbons (Fsp3) is 0.688. The van der Waals surface area contributed by atoms with Gasteiger partial charge in [0, 0.05) is 17.6 Å². The van der Waals surface area contributed by atoms with Crippen molar-refractivity contribution in [1.82, 2.24) is 10.3 Å². The van der Waals surface area contributed by atoms with Gasteiger partial charge in [-0.3, -0.25) is 0 Å². The molecule has 0 aliphatic heterocycles. The minimum absolute atomic E-state index is 0.0266. The summed E-state index contributed by atoms with van der Waals surface area (Å²) >= 11 is 0. The van der Waals surface area contributed by atoms with E-state index < -0.39 is 0 Å². The van der Waals surface area contributed by atoms with Crippen molar-refractivity contribution >= 4 is 0 Å². The van der Waals surface area contributed by atoms with E-state index in [4.69, 9.17) is 4.74 Å². The van der Waals surface area contributed by atoms with E-state index >= 15 is 0 Å². The molecule has 114 valence electrons. The summed E-state index contributed by atoms with van der Waals surface area (Å²) in [7, 11) is 0. The highest BCUT2D eigenvalue weighted by Crippen LogP contribution is 2.18. The van der Waals surface area contributed by atoms with Gasteiger partial charge in [0.2, 0.25) is 5.88 Å². The molecule has 4 heteroatoms. The van der Waals surface area contributed by atoms with Gasteiger partial charge in [-0.1, -0.05) is 13.8 Å². The number of rotatable bonds is 7. The van der Waals surface area contributed by atoms with Gasteiger partial charge in [-0.25, -0.2) is 9.37 Å². The lowest BCUT2D eigenvalue weighted by molar-refractivity contribution is 0.281. The highest BCUT2D eigenvalue weighted by molar-refractivity contribution is 5.26. The summed E-state index contributed by atoms with van der Waals surface area (Å²) in [6.45, 7) is 11.8. The molecule has 0 fully saturated rings. The predicted octanol–water partition coefficient (Wildman–Crippen LogP) is 3.92. The molecule has 0 unspecified atom stereocenters. The molecular formula is C16H27FN2O. The normalized spacial score (nSPS) is 11.9. The van der Waals surface area contributed by atoms with Crippen molar-refractivity contribution in [2.24, 2.45) is 5.92 Å². The Morgan fingerprint density at radius 1 is 1.35 bits per heavy atom. The van der Waals surface area contributed by atoms with Crippen LogP contribution in [0.3, 0.4) is 0 Å². The van der Waals surface area contributed by atoms with Crippen molar-refractivity contribution in [2.75, 3.05) is 6.61 Å². The van der Waals surface area contributed by atoms with Crippen LogP contribution in [0.5, 0.6) is 5.88 Å². The largest absolute Gasteiger partial charge is 0.477 e. The van der Waals surface area contributed by atoms with Crippen molar-refractivity contribution in [3.05, 3.63) is 23.6 Å². The highest BCUT2D eigenvalue weighted by Gasteiger charge is 2.13. The van der Waals surface area contributed by atoms with Crippen molar-refractivity contribution in [2.45, 2.75) is 59.5 Å². The number of pyridine rings is 1. The molecule has 1 heterocycles. The molecule has 0 amide bonds. The molecule has 1 aromatic rings. The monoisotopic (exact) mass is 282 g/mol. The first-order chi connectivity index (χ1) is 9.28. The van der Waals surface area contributed by atoms with E-state index in [2.05, 4.69) is 44.9 Å². The SMILES string of the molecule is CC(C)CCCOc1ncc(F)cc1CNC(C)(C)C. The Balaban J connectivity index is 2.60. The quantitative estimate of drug-likeness (QED) is 0.770. The summed E-state index contributed by atoms with van der Waals surface area (Å²) in [6, 6.07) is 1.49. The molecule has 0 saturated heterocycles. The molecule has 20 heavy (non-hydrogen) atoms. The minimum Gasteiger partial charge on any atom is -0.477 e. The Bertz CT molecular complexity index is 413. The van der Waals surface area contributed by atoms with E-state index in [-0.39, 0.29) is 11.4 Å². The number of hydrogen-bond acceptors (Lipinski definition) is 3. The third-order valence-corrected chi connectivity index (χ3v) is 2.87. The maximum Gasteiger partial charge on any atom is 0.218 e. The first-order valence-corrected chi connectivity index (χ1v) is 7.30. The number of aromatic nitrogens is 1. The fourth-order valence-electron chi connectivity index (χ4n) is 1.75. The molecule has 0 spiro atoms. The van der Waals surface area contributed by atoms with E-state index in [0.717, 1.165) is 18.4 Å². The van der Waals surface area contributed by atoms with Gasteiger partial charge in [-0.05, 0) is 45.6 Å². The maximum atomic E-state index is 13.3. The molecule has 1 rings (SSSR count). The molecule has 0 aliphatic rings. The fourth-order valence-corrected chi connectivity index (χ4v) is 1.75. The predicted molar refractivity (Wildman–Crippen MR) is 80.4 cm³/mol. The number of nitrogens with one attached hydrogen (secondary N) is 1. The Kier molecular flexibility index (Phi) is 6.40. The second-order valence-corrected chi connectivity index (χ2v) is 6.61. The lowest BCUT2D eigenvalue weighted by atomic mass is 10.1. The van der Waals surface area contributed by atoms with E-state index in [1.165, 1.54) is 12.3 Å². The van der Waals surface area contributed by atoms with Crippen LogP contribution < -0.4 is 10.1 Å². The average Bonchev–Trinajstić information content (AvgIpc) is 2.32. The van der Waals surface area contributed by atoms with Crippen molar-refractivity contribution in [3.63, 3.8) is 0 Å². The van der Waals surface area contributed by atoms with E-state index in [1.807, 2.05) is 0 Å². The standard InChI is InChI=1S/C16H27FN2O/c1-12(2)7-6-8-20-15-13(9-14(17)11-18-15)10-19-16(3,4)5/h9,11-12,19H,6-8,10H2,1-5H3. The smallest absolute Gasteiger partial charge is 0.218 e. The first kappa shape index (κ1) is 16.9. The third kappa shape index (κ3) is 6.85. The Labute approximate surface area is 121 Å². The minimum atomic E-state index is -0.328. The van der Waals surface area contributed by atoms with E-state index in [0.29, 0.717) is 24.9 Å². The molecule has 1 aromatic heterocycles. The van der Waals surface area contributed by atoms with Gasteiger partial charge in [0.05, 0.1) is 12.8 Å². The lowest BCUT2D eigenvalue weighted by Crippen LogP contribution is -2.35. The summed E-state index contributed by atoms with van der Waals surface area (Å²) in [5.74, 6) is 0.874. The van der Waals surface area contributed by atoms with Crippen LogP contribution >= 0.6 is 0 Å². The molecule has 0 saturated carbocycles. The molecule has 1 N–H and O–H groups in total. The number of halogens is 1. The molecule has 0 aromatic carbocycles. The zero-order chi connectivity index (χ0) is 15.2. The van der Waals surface area contributed by atoms with Gasteiger partial charge in [0.15, 0.2) is 0 Å². The van der Waals surface area contributed by atoms with Crippen molar-refractivity contribution in [3.8, 4) is 5.88 Å². The second-order valence-electron chi connectivity index (χ2n) is 6.61. The summed E-state index contributed by atoms with van der Waals surface area (Å²) in [5.41, 5.74) is 0.741. The summed E-state index contributed by atoms with van der Waals surface area (Å²) in [5, 5.41) is 3.33. The van der Waals surface area contributed by atoms with Crippen LogP contribution in [0.2, 0.25) is 0 Å². The third-order valence-electron chi connectivity index (χ3n) is 2.87. The van der Waals surface area contributed by atoms with Crippen LogP contribution in [0.1, 0.15) is 53.0 Å². The molecule has 0 bridgehead atoms. The Hall–Kier alpha value is -1.16. The van der Waals surface area contributed by atoms with Crippen LogP contribution in [-0.4, -0.2) is 17.1 Å². The van der Waals surface area contributed by atoms with Crippen LogP contribution in [0.4, 0.5) is 4.39 Å². The first-order valence-electron chi connectivity index (χ1n) is 7.30. The summed E-state index contributed by atoms with van der Waals surface area (Å²) in [4.78, 5) is 4.06. The van der Waals surface area contributed by atoms with Crippen LogP contribution in [0.25, 0.3) is 0 Å². The lowest BCUT2D eigenvalue weighted by Gasteiger charge is -2.21. The maximum absolute atomic E-state index is 13.3. The van der Waals surface area contributed by atoms with Crippen LogP contribution in [0, 0.1) is 11.7 Å². The van der Waals surface area contributed by atoms with E-state index in [1.54, 1.807) is 0 Å². The van der Waals surface area contributed by atoms with Crippen molar-refractivity contribution < 1.29 is 9.13 Å². The topological polar surface area (TPSA) is 34.1 Å². The molecule has 0 atom stereocenters. The van der Waals surface area contributed by atoms with Crippen LogP contribution in [0.15, 0.2) is 12.3 Å². The van der Waals surface area contributed by atoms with Gasteiger partial charge in [0.1, 0.15) is 5.82 Å². The zero-order valence-corrected chi connectivity index (χ0v) is 13.3. The number of ether oxygens (including phenoxy) is 1. The molecule has 0 aliphatic carbocycles. The second kappa shape index (κ2) is 7.58. The Morgan fingerprint density at radius 2 is 2.05 bits per heavy atom. The van der Waals surface area contributed by atoms with Crippen LogP contribution in [-0.2, 0) is 6.54 Å². The zero-order valence-electron chi connectivity index (χ0n) is 13.3. The van der Waals surface area contributed by atoms with Crippen molar-refractivity contribution in [1.29, 1.82) is 0 Å². The highest BCUT2D eigenvalue weighted by atomic mass is 19.1. The molecular weight excluding hydrogens is 255 g/mol. The summed E-state index contributed by atoms with van der Waals surface area (Å²) < 4.78 is 19.0. The number of nitrogens with zero attached hydrogens (tertiary/aromatic N) is 1. The summed E-state index contributed by atoms with van der Waals surface area (Å²) in [6.07, 6.45) is 3.32. The molecule has 0 radical (unpaired) electrons. The number of hydrogen-bond donors (Lipinski definition) is 1. The Morgan fingerprint density at radius 3 is 2.65 bits per heavy atom. The average molecular weight is 282 g/mol.